The average molecular weight is 227 g/mol. The molecule has 5 nitrogen and oxygen atoms in total. The van der Waals surface area contributed by atoms with Crippen LogP contribution in [0.15, 0.2) is 0 Å². The summed E-state index contributed by atoms with van der Waals surface area (Å²) in [4.78, 5) is 13.1. The normalized spacial score (nSPS) is 10.1. The predicted octanol–water partition coefficient (Wildman–Crippen LogP) is 1.81. The fourth-order valence-electron chi connectivity index (χ4n) is 1.05. The van der Waals surface area contributed by atoms with Gasteiger partial charge in [-0.25, -0.2) is 0 Å². The van der Waals surface area contributed by atoms with Crippen molar-refractivity contribution in [2.24, 2.45) is 0 Å². The van der Waals surface area contributed by atoms with E-state index in [9.17, 15) is 0 Å². The summed E-state index contributed by atoms with van der Waals surface area (Å²) in [7, 11) is 3.81. The third-order valence-electron chi connectivity index (χ3n) is 1.89. The van der Waals surface area contributed by atoms with Gasteiger partial charge in [0.1, 0.15) is 0 Å². The minimum atomic E-state index is 0.358. The van der Waals surface area contributed by atoms with E-state index >= 15 is 0 Å². The highest BCUT2D eigenvalue weighted by atomic mass is 32.1. The molecule has 0 aromatic carbocycles. The highest BCUT2D eigenvalue weighted by Gasteiger charge is 2.01. The smallest absolute Gasteiger partial charge is 0.225 e. The van der Waals surface area contributed by atoms with Gasteiger partial charge in [-0.05, 0) is 18.6 Å². The zero-order chi connectivity index (χ0) is 11.3. The Morgan fingerprint density at radius 3 is 2.73 bits per heavy atom. The van der Waals surface area contributed by atoms with Crippen LogP contribution in [0.2, 0.25) is 0 Å². The van der Waals surface area contributed by atoms with Gasteiger partial charge in [0.15, 0.2) is 0 Å². The minimum Gasteiger partial charge on any atom is -0.356 e. The number of unbranched alkanes of at least 4 members (excludes halogenated alkanes) is 1. The van der Waals surface area contributed by atoms with E-state index in [2.05, 4.69) is 27.2 Å². The summed E-state index contributed by atoms with van der Waals surface area (Å²) in [5.41, 5.74) is 0. The molecule has 0 aliphatic heterocycles. The molecule has 1 aromatic rings. The van der Waals surface area contributed by atoms with Gasteiger partial charge >= 0.3 is 0 Å². The van der Waals surface area contributed by atoms with Crippen LogP contribution in [0.1, 0.15) is 19.8 Å². The van der Waals surface area contributed by atoms with Crippen LogP contribution in [0.4, 0.5) is 11.9 Å². The maximum Gasteiger partial charge on any atom is 0.225 e. The molecule has 0 saturated carbocycles. The third-order valence-corrected chi connectivity index (χ3v) is 2.07. The second-order valence-corrected chi connectivity index (χ2v) is 3.84. The highest BCUT2D eigenvalue weighted by molar-refractivity contribution is 7.71. The Morgan fingerprint density at radius 1 is 1.40 bits per heavy atom. The van der Waals surface area contributed by atoms with Crippen LogP contribution >= 0.6 is 12.2 Å². The van der Waals surface area contributed by atoms with Gasteiger partial charge in [-0.15, -0.1) is 0 Å². The largest absolute Gasteiger partial charge is 0.356 e. The predicted molar refractivity (Wildman–Crippen MR) is 64.9 cm³/mol. The van der Waals surface area contributed by atoms with Gasteiger partial charge < -0.3 is 10.2 Å². The van der Waals surface area contributed by atoms with Crippen molar-refractivity contribution in [3.05, 3.63) is 4.77 Å². The number of aromatic nitrogens is 3. The summed E-state index contributed by atoms with van der Waals surface area (Å²) in [5, 5.41) is 3.18. The molecule has 1 heterocycles. The van der Waals surface area contributed by atoms with Crippen LogP contribution in [-0.4, -0.2) is 35.6 Å². The number of hydrogen-bond acceptors (Lipinski definition) is 5. The van der Waals surface area contributed by atoms with Crippen LogP contribution in [0.25, 0.3) is 0 Å². The second kappa shape index (κ2) is 5.65. The molecule has 2 N–H and O–H groups in total. The standard InChI is InChI=1S/C9H17N5S/c1-4-5-6-10-7-11-8(14(2)3)13-9(15)12-7/h4-6H2,1-3H3,(H2,10,11,12,13,15). The molecular weight excluding hydrogens is 210 g/mol. The molecule has 1 rings (SSSR count). The van der Waals surface area contributed by atoms with E-state index in [-0.39, 0.29) is 0 Å². The van der Waals surface area contributed by atoms with Gasteiger partial charge in [-0.1, -0.05) is 13.3 Å². The first-order valence-electron chi connectivity index (χ1n) is 5.03. The Bertz CT molecular complexity index is 360. The number of anilines is 2. The van der Waals surface area contributed by atoms with Crippen molar-refractivity contribution < 1.29 is 0 Å². The van der Waals surface area contributed by atoms with Crippen LogP contribution in [-0.2, 0) is 0 Å². The lowest BCUT2D eigenvalue weighted by molar-refractivity contribution is 0.821. The molecule has 0 amide bonds. The molecule has 0 atom stereocenters. The van der Waals surface area contributed by atoms with Gasteiger partial charge in [0, 0.05) is 20.6 Å². The molecule has 0 fully saturated rings. The van der Waals surface area contributed by atoms with E-state index in [1.165, 1.54) is 0 Å². The Hall–Kier alpha value is -1.17. The Labute approximate surface area is 94.9 Å². The van der Waals surface area contributed by atoms with E-state index in [4.69, 9.17) is 12.2 Å². The lowest BCUT2D eigenvalue weighted by atomic mass is 10.3. The van der Waals surface area contributed by atoms with Gasteiger partial charge in [-0.3, -0.25) is 4.98 Å². The van der Waals surface area contributed by atoms with Crippen molar-refractivity contribution in [1.82, 2.24) is 15.0 Å². The van der Waals surface area contributed by atoms with Gasteiger partial charge in [-0.2, -0.15) is 9.97 Å². The molecule has 0 saturated heterocycles. The summed E-state index contributed by atoms with van der Waals surface area (Å²) in [6, 6.07) is 0. The lowest BCUT2D eigenvalue weighted by Gasteiger charge is -2.12. The Kier molecular flexibility index (Phi) is 4.48. The number of aromatic amines is 1. The van der Waals surface area contributed by atoms with Crippen molar-refractivity contribution in [1.29, 1.82) is 0 Å². The fraction of sp³-hybridized carbons (Fsp3) is 0.667. The number of hydrogen-bond donors (Lipinski definition) is 2. The Balaban J connectivity index is 2.75. The van der Waals surface area contributed by atoms with Gasteiger partial charge in [0.2, 0.25) is 16.7 Å². The summed E-state index contributed by atoms with van der Waals surface area (Å²) in [6.45, 7) is 3.04. The number of nitrogens with one attached hydrogen (secondary N) is 2. The molecule has 15 heavy (non-hydrogen) atoms. The molecule has 0 spiro atoms. The maximum atomic E-state index is 4.98. The Morgan fingerprint density at radius 2 is 2.13 bits per heavy atom. The quantitative estimate of drug-likeness (QED) is 0.593. The van der Waals surface area contributed by atoms with Crippen molar-refractivity contribution in [2.75, 3.05) is 30.9 Å². The molecule has 1 aromatic heterocycles. The fourth-order valence-corrected chi connectivity index (χ4v) is 1.23. The van der Waals surface area contributed by atoms with Crippen molar-refractivity contribution in [3.63, 3.8) is 0 Å². The summed E-state index contributed by atoms with van der Waals surface area (Å²) in [6.07, 6.45) is 2.27. The third kappa shape index (κ3) is 3.83. The first-order valence-corrected chi connectivity index (χ1v) is 5.44. The van der Waals surface area contributed by atoms with Gasteiger partial charge in [0.25, 0.3) is 0 Å². The average Bonchev–Trinajstić information content (AvgIpc) is 2.17. The molecule has 84 valence electrons. The number of H-pyrrole nitrogens is 1. The highest BCUT2D eigenvalue weighted by Crippen LogP contribution is 2.05. The van der Waals surface area contributed by atoms with E-state index in [1.54, 1.807) is 0 Å². The molecule has 0 aliphatic carbocycles. The van der Waals surface area contributed by atoms with E-state index < -0.39 is 0 Å². The number of nitrogens with zero attached hydrogens (tertiary/aromatic N) is 3. The number of rotatable bonds is 5. The monoisotopic (exact) mass is 227 g/mol. The SMILES string of the molecule is CCCCNc1nc(=S)nc(N(C)C)[nH]1. The van der Waals surface area contributed by atoms with E-state index in [1.807, 2.05) is 19.0 Å². The van der Waals surface area contributed by atoms with Crippen LogP contribution < -0.4 is 10.2 Å². The van der Waals surface area contributed by atoms with Crippen molar-refractivity contribution in [3.8, 4) is 0 Å². The summed E-state index contributed by atoms with van der Waals surface area (Å²) >= 11 is 4.98. The van der Waals surface area contributed by atoms with Crippen LogP contribution in [0.5, 0.6) is 0 Å². The summed E-state index contributed by atoms with van der Waals surface area (Å²) < 4.78 is 0.358. The summed E-state index contributed by atoms with van der Waals surface area (Å²) in [5.74, 6) is 1.40. The van der Waals surface area contributed by atoms with Gasteiger partial charge in [0.05, 0.1) is 0 Å². The molecular formula is C9H17N5S. The van der Waals surface area contributed by atoms with E-state index in [0.717, 1.165) is 19.4 Å². The van der Waals surface area contributed by atoms with Crippen LogP contribution in [0, 0.1) is 4.77 Å². The topological polar surface area (TPSA) is 56.8 Å². The molecule has 0 radical (unpaired) electrons. The minimum absolute atomic E-state index is 0.358. The molecule has 0 bridgehead atoms. The van der Waals surface area contributed by atoms with Crippen molar-refractivity contribution in [2.45, 2.75) is 19.8 Å². The molecule has 0 unspecified atom stereocenters. The lowest BCUT2D eigenvalue weighted by Crippen LogP contribution is -2.15. The molecule has 6 heteroatoms. The zero-order valence-electron chi connectivity index (χ0n) is 9.37. The second-order valence-electron chi connectivity index (χ2n) is 3.48. The maximum absolute atomic E-state index is 4.98. The van der Waals surface area contributed by atoms with Crippen molar-refractivity contribution >= 4 is 24.1 Å². The first kappa shape index (κ1) is 11.9. The molecule has 0 aliphatic rings. The first-order chi connectivity index (χ1) is 7.13. The van der Waals surface area contributed by atoms with Crippen LogP contribution in [0.3, 0.4) is 0 Å². The van der Waals surface area contributed by atoms with E-state index in [0.29, 0.717) is 16.7 Å². The zero-order valence-corrected chi connectivity index (χ0v) is 10.2.